The molecule has 21 heavy (non-hydrogen) atoms. The van der Waals surface area contributed by atoms with Gasteiger partial charge in [0.2, 0.25) is 0 Å². The number of nitrogens with zero attached hydrogens (tertiary/aromatic N) is 2. The molecule has 0 bridgehead atoms. The van der Waals surface area contributed by atoms with E-state index < -0.39 is 19.8 Å². The fourth-order valence-corrected chi connectivity index (χ4v) is 6.32. The first-order chi connectivity index (χ1) is 10.1. The minimum atomic E-state index is -1.06. The molecular formula is C16H30IN3O. The first-order valence-corrected chi connectivity index (χ1v) is 12.0. The number of nitrogens with two attached hydrogens (primary N) is 1. The number of allylic oxidation sites excluding steroid dienone is 1. The maximum absolute atomic E-state index is 6.18. The average molecular weight is 407 g/mol. The third-order valence-electron chi connectivity index (χ3n) is 4.16. The molecular weight excluding hydrogens is 377 g/mol. The summed E-state index contributed by atoms with van der Waals surface area (Å²) in [7, 11) is 0. The molecule has 2 rings (SSSR count). The summed E-state index contributed by atoms with van der Waals surface area (Å²) in [6.07, 6.45) is 4.28. The predicted molar refractivity (Wildman–Crippen MR) is 98.9 cm³/mol. The van der Waals surface area contributed by atoms with Crippen LogP contribution in [0.3, 0.4) is 0 Å². The number of hydrogen-bond acceptors (Lipinski definition) is 4. The number of alkyl halides is 2. The molecule has 2 aliphatic rings. The molecule has 4 nitrogen and oxygen atoms in total. The fraction of sp³-hybridized carbons (Fsp3) is 0.750. The van der Waals surface area contributed by atoms with Crippen molar-refractivity contribution in [3.05, 3.63) is 22.0 Å². The number of ether oxygens (including phenoxy) is 1. The second-order valence-corrected chi connectivity index (χ2v) is 12.0. The summed E-state index contributed by atoms with van der Waals surface area (Å²) in [4.78, 5) is 5.04. The monoisotopic (exact) mass is 407 g/mol. The maximum atomic E-state index is 6.18. The van der Waals surface area contributed by atoms with Crippen LogP contribution in [0.25, 0.3) is 0 Å². The van der Waals surface area contributed by atoms with Gasteiger partial charge < -0.3 is 0 Å². The normalized spacial score (nSPS) is 26.2. The zero-order chi connectivity index (χ0) is 15.2. The van der Waals surface area contributed by atoms with E-state index >= 15 is 0 Å². The first kappa shape index (κ1) is 17.2. The Morgan fingerprint density at radius 3 is 2.62 bits per heavy atom. The molecule has 5 heteroatoms. The van der Waals surface area contributed by atoms with Crippen LogP contribution in [-0.4, -0.2) is 63.6 Å². The van der Waals surface area contributed by atoms with Gasteiger partial charge in [0.25, 0.3) is 0 Å². The van der Waals surface area contributed by atoms with Gasteiger partial charge in [-0.3, -0.25) is 0 Å². The molecule has 1 atom stereocenters. The molecule has 2 aliphatic heterocycles. The second kappa shape index (κ2) is 8.50. The van der Waals surface area contributed by atoms with Crippen molar-refractivity contribution in [1.29, 1.82) is 0 Å². The van der Waals surface area contributed by atoms with Crippen LogP contribution in [0.1, 0.15) is 20.8 Å². The van der Waals surface area contributed by atoms with E-state index in [1.807, 2.05) is 0 Å². The van der Waals surface area contributed by atoms with Gasteiger partial charge in [0.1, 0.15) is 0 Å². The van der Waals surface area contributed by atoms with Crippen molar-refractivity contribution >= 4 is 19.8 Å². The summed E-state index contributed by atoms with van der Waals surface area (Å²) in [5.41, 5.74) is 6.18. The summed E-state index contributed by atoms with van der Waals surface area (Å²) in [6.45, 7) is 13.2. The van der Waals surface area contributed by atoms with Crippen LogP contribution in [0.15, 0.2) is 22.0 Å². The van der Waals surface area contributed by atoms with Crippen molar-refractivity contribution in [3.63, 3.8) is 0 Å². The van der Waals surface area contributed by atoms with Gasteiger partial charge in [-0.2, -0.15) is 0 Å². The summed E-state index contributed by atoms with van der Waals surface area (Å²) in [5, 5.41) is 0. The molecule has 1 saturated heterocycles. The topological polar surface area (TPSA) is 41.7 Å². The van der Waals surface area contributed by atoms with E-state index in [0.717, 1.165) is 32.0 Å². The van der Waals surface area contributed by atoms with Gasteiger partial charge in [0, 0.05) is 0 Å². The first-order valence-electron chi connectivity index (χ1n) is 7.97. The molecule has 1 unspecified atom stereocenters. The van der Waals surface area contributed by atoms with Crippen molar-refractivity contribution in [1.82, 2.24) is 9.80 Å². The fourth-order valence-electron chi connectivity index (χ4n) is 2.68. The molecule has 2 N–H and O–H groups in total. The zero-order valence-corrected chi connectivity index (χ0v) is 15.8. The number of rotatable bonds is 6. The quantitative estimate of drug-likeness (QED) is 0.417. The Balaban J connectivity index is 1.66. The summed E-state index contributed by atoms with van der Waals surface area (Å²) in [6, 6.07) is 0.665. The number of piperazine rings is 1. The van der Waals surface area contributed by atoms with Crippen LogP contribution in [0.2, 0.25) is 0 Å². The Morgan fingerprint density at radius 2 is 2.05 bits per heavy atom. The molecule has 0 saturated carbocycles. The molecule has 0 aromatic carbocycles. The Bertz CT molecular complexity index is 376. The summed E-state index contributed by atoms with van der Waals surface area (Å²) < 4.78 is 9.73. The van der Waals surface area contributed by atoms with Crippen molar-refractivity contribution < 1.29 is 4.74 Å². The zero-order valence-electron chi connectivity index (χ0n) is 13.6. The SMILES string of the molecule is CCI1C=CC(OCCN2CCN(C(C)C)CC2)=CC1N. The molecule has 0 radical (unpaired) electrons. The van der Waals surface area contributed by atoms with Crippen molar-refractivity contribution in [3.8, 4) is 0 Å². The third kappa shape index (κ3) is 5.23. The van der Waals surface area contributed by atoms with Crippen molar-refractivity contribution in [2.45, 2.75) is 30.9 Å². The van der Waals surface area contributed by atoms with Crippen LogP contribution >= 0.6 is 19.8 Å². The van der Waals surface area contributed by atoms with Crippen molar-refractivity contribution in [2.75, 3.05) is 43.8 Å². The average Bonchev–Trinajstić information content (AvgIpc) is 2.48. The Hall–Kier alpha value is -0.110. The van der Waals surface area contributed by atoms with E-state index in [4.69, 9.17) is 10.5 Å². The minimum absolute atomic E-state index is 0.258. The third-order valence-corrected chi connectivity index (χ3v) is 9.41. The second-order valence-electron chi connectivity index (χ2n) is 5.83. The number of hydrogen-bond donors (Lipinski definition) is 1. The molecule has 0 amide bonds. The molecule has 2 heterocycles. The van der Waals surface area contributed by atoms with Crippen LogP contribution in [0, 0.1) is 0 Å². The van der Waals surface area contributed by atoms with E-state index in [1.54, 1.807) is 0 Å². The van der Waals surface area contributed by atoms with E-state index in [0.29, 0.717) is 6.04 Å². The molecule has 0 aromatic heterocycles. The Kier molecular flexibility index (Phi) is 6.98. The van der Waals surface area contributed by atoms with Gasteiger partial charge in [-0.25, -0.2) is 0 Å². The Labute approximate surface area is 136 Å². The molecule has 0 aliphatic carbocycles. The summed E-state index contributed by atoms with van der Waals surface area (Å²) >= 11 is -1.06. The van der Waals surface area contributed by atoms with Crippen LogP contribution < -0.4 is 5.73 Å². The van der Waals surface area contributed by atoms with Crippen molar-refractivity contribution in [2.24, 2.45) is 5.73 Å². The van der Waals surface area contributed by atoms with E-state index in [2.05, 4.69) is 46.8 Å². The van der Waals surface area contributed by atoms with Gasteiger partial charge in [-0.15, -0.1) is 0 Å². The molecule has 0 spiro atoms. The van der Waals surface area contributed by atoms with Crippen LogP contribution in [0.4, 0.5) is 0 Å². The van der Waals surface area contributed by atoms with E-state index in [9.17, 15) is 0 Å². The van der Waals surface area contributed by atoms with E-state index in [-0.39, 0.29) is 4.05 Å². The van der Waals surface area contributed by atoms with Crippen LogP contribution in [-0.2, 0) is 4.74 Å². The van der Waals surface area contributed by atoms with Gasteiger partial charge in [0.15, 0.2) is 0 Å². The Morgan fingerprint density at radius 1 is 1.33 bits per heavy atom. The summed E-state index contributed by atoms with van der Waals surface area (Å²) in [5.74, 6) is 0.977. The predicted octanol–water partition coefficient (Wildman–Crippen LogP) is 2.25. The van der Waals surface area contributed by atoms with E-state index in [1.165, 1.54) is 17.5 Å². The standard InChI is InChI=1S/C16H30IN3O/c1-4-17-6-5-15(13-16(17)18)21-12-11-19-7-9-20(10-8-19)14(2)3/h5-6,13-14,16H,4,7-12,18H2,1-3H3. The van der Waals surface area contributed by atoms with Gasteiger partial charge >= 0.3 is 137 Å². The van der Waals surface area contributed by atoms with Gasteiger partial charge in [0.05, 0.1) is 0 Å². The molecule has 1 fully saturated rings. The van der Waals surface area contributed by atoms with Gasteiger partial charge in [-0.05, 0) is 0 Å². The van der Waals surface area contributed by atoms with Gasteiger partial charge in [-0.1, -0.05) is 0 Å². The van der Waals surface area contributed by atoms with Crippen LogP contribution in [0.5, 0.6) is 0 Å². The number of halogens is 1. The molecule has 0 aromatic rings. The molecule has 122 valence electrons.